The summed E-state index contributed by atoms with van der Waals surface area (Å²) in [6, 6.07) is 10.7. The van der Waals surface area contributed by atoms with Crippen molar-refractivity contribution in [1.29, 1.82) is 0 Å². The van der Waals surface area contributed by atoms with Crippen LogP contribution in [0.15, 0.2) is 36.4 Å². The van der Waals surface area contributed by atoms with E-state index in [1.54, 1.807) is 57.7 Å². The van der Waals surface area contributed by atoms with Gasteiger partial charge >= 0.3 is 5.97 Å². The van der Waals surface area contributed by atoms with Crippen molar-refractivity contribution < 1.29 is 23.7 Å². The molecule has 3 rings (SSSR count). The molecule has 1 aliphatic rings. The molecule has 0 amide bonds. The predicted molar refractivity (Wildman–Crippen MR) is 95.3 cm³/mol. The minimum Gasteiger partial charge on any atom is -0.493 e. The number of rotatable bonds is 5. The number of hydrogen-bond acceptors (Lipinski definition) is 5. The van der Waals surface area contributed by atoms with Crippen LogP contribution in [0.5, 0.6) is 17.2 Å². The molecule has 0 unspecified atom stereocenters. The zero-order valence-electron chi connectivity index (χ0n) is 14.1. The van der Waals surface area contributed by atoms with Crippen molar-refractivity contribution in [2.24, 2.45) is 0 Å². The molecule has 0 bridgehead atoms. The molecule has 1 heterocycles. The third-order valence-corrected chi connectivity index (χ3v) is 4.25. The molecular weight excluding hydrogens is 344 g/mol. The van der Waals surface area contributed by atoms with Gasteiger partial charge in [-0.25, -0.2) is 4.79 Å². The standard InChI is InChI=1S/C19H17ClO5/c1-22-15-8-12(9-16(23-2)18(15)24-3)14-10-25-19(21)17(14)11-4-6-13(20)7-5-11/h4-9H,10H2,1-3H3. The highest BCUT2D eigenvalue weighted by atomic mass is 35.5. The maximum Gasteiger partial charge on any atom is 0.339 e. The number of cyclic esters (lactones) is 1. The Balaban J connectivity index is 2.19. The first-order valence-corrected chi connectivity index (χ1v) is 7.93. The van der Waals surface area contributed by atoms with E-state index in [-0.39, 0.29) is 12.6 Å². The topological polar surface area (TPSA) is 54.0 Å². The fraction of sp³-hybridized carbons (Fsp3) is 0.211. The molecule has 0 saturated carbocycles. The average molecular weight is 361 g/mol. The molecule has 2 aromatic rings. The maximum absolute atomic E-state index is 12.3. The summed E-state index contributed by atoms with van der Waals surface area (Å²) < 4.78 is 21.4. The van der Waals surface area contributed by atoms with Gasteiger partial charge in [-0.15, -0.1) is 0 Å². The molecule has 0 atom stereocenters. The van der Waals surface area contributed by atoms with Gasteiger partial charge in [0.05, 0.1) is 26.9 Å². The van der Waals surface area contributed by atoms with Crippen molar-refractivity contribution in [3.8, 4) is 17.2 Å². The van der Waals surface area contributed by atoms with Crippen molar-refractivity contribution in [3.63, 3.8) is 0 Å². The third kappa shape index (κ3) is 3.15. The summed E-state index contributed by atoms with van der Waals surface area (Å²) in [7, 11) is 4.64. The van der Waals surface area contributed by atoms with Gasteiger partial charge in [-0.2, -0.15) is 0 Å². The second-order valence-electron chi connectivity index (χ2n) is 5.35. The van der Waals surface area contributed by atoms with E-state index in [0.29, 0.717) is 27.8 Å². The van der Waals surface area contributed by atoms with Gasteiger partial charge in [0.1, 0.15) is 6.61 Å². The first-order valence-electron chi connectivity index (χ1n) is 7.55. The van der Waals surface area contributed by atoms with E-state index in [4.69, 9.17) is 30.5 Å². The number of methoxy groups -OCH3 is 3. The Morgan fingerprint density at radius 1 is 0.920 bits per heavy atom. The zero-order valence-corrected chi connectivity index (χ0v) is 14.8. The Morgan fingerprint density at radius 3 is 2.04 bits per heavy atom. The Morgan fingerprint density at radius 2 is 1.52 bits per heavy atom. The van der Waals surface area contributed by atoms with Crippen LogP contribution in [-0.2, 0) is 9.53 Å². The smallest absolute Gasteiger partial charge is 0.339 e. The van der Waals surface area contributed by atoms with Crippen LogP contribution in [0.25, 0.3) is 11.1 Å². The normalized spacial score (nSPS) is 13.7. The number of benzene rings is 2. The number of carbonyl (C=O) groups excluding carboxylic acids is 1. The molecule has 0 aromatic heterocycles. The lowest BCUT2D eigenvalue weighted by atomic mass is 9.96. The Hall–Kier alpha value is -2.66. The Kier molecular flexibility index (Phi) is 4.86. The highest BCUT2D eigenvalue weighted by Crippen LogP contribution is 2.42. The average Bonchev–Trinajstić information content (AvgIpc) is 3.02. The van der Waals surface area contributed by atoms with E-state index in [0.717, 1.165) is 16.7 Å². The Bertz CT molecular complexity index is 814. The molecular formula is C19H17ClO5. The van der Waals surface area contributed by atoms with Crippen LogP contribution in [-0.4, -0.2) is 33.9 Å². The zero-order chi connectivity index (χ0) is 18.0. The van der Waals surface area contributed by atoms with E-state index >= 15 is 0 Å². The van der Waals surface area contributed by atoms with Crippen molar-refractivity contribution >= 4 is 28.7 Å². The van der Waals surface area contributed by atoms with Crippen molar-refractivity contribution in [3.05, 3.63) is 52.5 Å². The number of ether oxygens (including phenoxy) is 4. The lowest BCUT2D eigenvalue weighted by Gasteiger charge is -2.14. The van der Waals surface area contributed by atoms with Gasteiger partial charge in [0.2, 0.25) is 5.75 Å². The second kappa shape index (κ2) is 7.07. The second-order valence-corrected chi connectivity index (χ2v) is 5.79. The quantitative estimate of drug-likeness (QED) is 0.758. The molecule has 0 aliphatic carbocycles. The van der Waals surface area contributed by atoms with Crippen LogP contribution in [0.1, 0.15) is 11.1 Å². The summed E-state index contributed by atoms with van der Waals surface area (Å²) in [5.41, 5.74) is 2.78. The van der Waals surface area contributed by atoms with Gasteiger partial charge in [-0.05, 0) is 35.4 Å². The Labute approximate surface area is 150 Å². The number of esters is 1. The lowest BCUT2D eigenvalue weighted by Crippen LogP contribution is -1.99. The molecule has 1 aliphatic heterocycles. The molecule has 6 heteroatoms. The molecule has 0 spiro atoms. The minimum atomic E-state index is -0.369. The SMILES string of the molecule is COc1cc(C2=C(c3ccc(Cl)cc3)C(=O)OC2)cc(OC)c1OC. The molecule has 2 aromatic carbocycles. The van der Waals surface area contributed by atoms with Gasteiger partial charge in [0.15, 0.2) is 11.5 Å². The summed E-state index contributed by atoms with van der Waals surface area (Å²) in [5.74, 6) is 1.15. The van der Waals surface area contributed by atoms with Crippen LogP contribution in [0.3, 0.4) is 0 Å². The lowest BCUT2D eigenvalue weighted by molar-refractivity contribution is -0.133. The molecule has 0 saturated heterocycles. The van der Waals surface area contributed by atoms with Crippen LogP contribution in [0.4, 0.5) is 0 Å². The van der Waals surface area contributed by atoms with E-state index in [9.17, 15) is 4.79 Å². The number of halogens is 1. The minimum absolute atomic E-state index is 0.176. The van der Waals surface area contributed by atoms with Crippen LogP contribution < -0.4 is 14.2 Å². The fourth-order valence-electron chi connectivity index (χ4n) is 2.80. The summed E-state index contributed by atoms with van der Waals surface area (Å²) >= 11 is 5.94. The van der Waals surface area contributed by atoms with E-state index < -0.39 is 0 Å². The van der Waals surface area contributed by atoms with E-state index in [1.165, 1.54) is 0 Å². The maximum atomic E-state index is 12.3. The van der Waals surface area contributed by atoms with E-state index in [2.05, 4.69) is 0 Å². The van der Waals surface area contributed by atoms with E-state index in [1.807, 2.05) is 0 Å². The van der Waals surface area contributed by atoms with Crippen LogP contribution >= 0.6 is 11.6 Å². The molecule has 130 valence electrons. The van der Waals surface area contributed by atoms with Crippen LogP contribution in [0.2, 0.25) is 5.02 Å². The third-order valence-electron chi connectivity index (χ3n) is 4.00. The summed E-state index contributed by atoms with van der Waals surface area (Å²) in [4.78, 5) is 12.3. The molecule has 0 N–H and O–H groups in total. The highest BCUT2D eigenvalue weighted by molar-refractivity contribution is 6.31. The summed E-state index contributed by atoms with van der Waals surface area (Å²) in [6.45, 7) is 0.176. The number of carbonyl (C=O) groups is 1. The van der Waals surface area contributed by atoms with Gasteiger partial charge < -0.3 is 18.9 Å². The van der Waals surface area contributed by atoms with Crippen LogP contribution in [0, 0.1) is 0 Å². The summed E-state index contributed by atoms with van der Waals surface area (Å²) in [6.07, 6.45) is 0. The fourth-order valence-corrected chi connectivity index (χ4v) is 2.92. The first-order chi connectivity index (χ1) is 12.1. The molecule has 5 nitrogen and oxygen atoms in total. The van der Waals surface area contributed by atoms with Gasteiger partial charge in [0.25, 0.3) is 0 Å². The molecule has 0 radical (unpaired) electrons. The van der Waals surface area contributed by atoms with Gasteiger partial charge in [-0.1, -0.05) is 23.7 Å². The van der Waals surface area contributed by atoms with Crippen molar-refractivity contribution in [2.75, 3.05) is 27.9 Å². The highest BCUT2D eigenvalue weighted by Gasteiger charge is 2.28. The largest absolute Gasteiger partial charge is 0.493 e. The predicted octanol–water partition coefficient (Wildman–Crippen LogP) is 3.83. The van der Waals surface area contributed by atoms with Crippen molar-refractivity contribution in [1.82, 2.24) is 0 Å². The van der Waals surface area contributed by atoms with Gasteiger partial charge in [0, 0.05) is 10.6 Å². The molecule has 0 fully saturated rings. The van der Waals surface area contributed by atoms with Crippen molar-refractivity contribution in [2.45, 2.75) is 0 Å². The molecule has 25 heavy (non-hydrogen) atoms. The number of hydrogen-bond donors (Lipinski definition) is 0. The van der Waals surface area contributed by atoms with Gasteiger partial charge in [-0.3, -0.25) is 0 Å². The first kappa shape index (κ1) is 17.2. The monoisotopic (exact) mass is 360 g/mol. The summed E-state index contributed by atoms with van der Waals surface area (Å²) in [5, 5.41) is 0.602.